The van der Waals surface area contributed by atoms with Crippen molar-refractivity contribution in [3.8, 4) is 5.75 Å². The van der Waals surface area contributed by atoms with Gasteiger partial charge in [-0.25, -0.2) is 9.97 Å². The summed E-state index contributed by atoms with van der Waals surface area (Å²) in [6, 6.07) is 10.5. The summed E-state index contributed by atoms with van der Waals surface area (Å²) in [5.74, 6) is 0.00267. The Hall–Kier alpha value is -2.95. The van der Waals surface area contributed by atoms with E-state index < -0.39 is 0 Å². The van der Waals surface area contributed by atoms with E-state index in [9.17, 15) is 9.90 Å². The highest BCUT2D eigenvalue weighted by molar-refractivity contribution is 6.07. The van der Waals surface area contributed by atoms with Crippen molar-refractivity contribution in [3.05, 3.63) is 52.3 Å². The number of aromatic nitrogens is 3. The Balaban J connectivity index is 2.33. The van der Waals surface area contributed by atoms with E-state index in [1.807, 2.05) is 24.3 Å². The molecule has 0 unspecified atom stereocenters. The Morgan fingerprint density at radius 1 is 1.05 bits per heavy atom. The number of phenolic OH excluding ortho intramolecular Hbond substituents is 1. The molecule has 0 atom stereocenters. The molecule has 0 amide bonds. The minimum atomic E-state index is -0.174. The van der Waals surface area contributed by atoms with Gasteiger partial charge >= 0.3 is 0 Å². The third-order valence-corrected chi connectivity index (χ3v) is 3.53. The van der Waals surface area contributed by atoms with Crippen LogP contribution in [0.5, 0.6) is 5.75 Å². The number of aromatic hydroxyl groups is 1. The van der Waals surface area contributed by atoms with Crippen LogP contribution in [0.15, 0.2) is 41.2 Å². The van der Waals surface area contributed by atoms with Gasteiger partial charge in [0.15, 0.2) is 5.43 Å². The molecule has 2 heterocycles. The molecule has 0 aliphatic carbocycles. The van der Waals surface area contributed by atoms with Crippen LogP contribution in [0.25, 0.3) is 33.0 Å². The maximum Gasteiger partial charge on any atom is 0.192 e. The fraction of sp³-hybridized carbons (Fsp3) is 0.0625. The Bertz CT molecular complexity index is 1080. The lowest BCUT2D eigenvalue weighted by Gasteiger charge is -2.07. The number of aromatic amines is 1. The number of para-hydroxylation sites is 2. The molecular formula is C16H11N3O2. The highest BCUT2D eigenvalue weighted by atomic mass is 16.3. The second-order valence-electron chi connectivity index (χ2n) is 5.04. The fourth-order valence-electron chi connectivity index (χ4n) is 2.61. The molecule has 0 saturated carbocycles. The van der Waals surface area contributed by atoms with Crippen LogP contribution in [-0.2, 0) is 0 Å². The molecule has 0 aliphatic rings. The van der Waals surface area contributed by atoms with Gasteiger partial charge in [-0.05, 0) is 19.1 Å². The van der Waals surface area contributed by atoms with Gasteiger partial charge in [-0.2, -0.15) is 0 Å². The molecule has 0 radical (unpaired) electrons. The summed E-state index contributed by atoms with van der Waals surface area (Å²) in [7, 11) is 0. The molecule has 0 bridgehead atoms. The van der Waals surface area contributed by atoms with Crippen LogP contribution in [0.4, 0.5) is 0 Å². The summed E-state index contributed by atoms with van der Waals surface area (Å²) in [6.45, 7) is 1.77. The van der Waals surface area contributed by atoms with E-state index in [1.165, 1.54) is 12.1 Å². The first kappa shape index (κ1) is 11.8. The Kier molecular flexibility index (Phi) is 2.27. The van der Waals surface area contributed by atoms with Crippen molar-refractivity contribution in [2.24, 2.45) is 0 Å². The lowest BCUT2D eigenvalue weighted by molar-refractivity contribution is 0.481. The molecule has 0 aliphatic heterocycles. The van der Waals surface area contributed by atoms with E-state index >= 15 is 0 Å². The van der Waals surface area contributed by atoms with Crippen molar-refractivity contribution in [2.75, 3.05) is 0 Å². The van der Waals surface area contributed by atoms with Gasteiger partial charge in [0.25, 0.3) is 0 Å². The topological polar surface area (TPSA) is 78.9 Å². The molecule has 0 fully saturated rings. The number of H-pyrrole nitrogens is 1. The maximum absolute atomic E-state index is 12.3. The largest absolute Gasteiger partial charge is 0.506 e. The molecule has 2 aromatic carbocycles. The standard InChI is InChI=1S/C16H11N3O2/c1-8-6-12(20)14-15-11(7-13(21)16(14)17-8)18-9-4-2-3-5-10(9)19-15/h2-7,21H,1H3,(H,17,20). The Morgan fingerprint density at radius 3 is 2.52 bits per heavy atom. The molecule has 2 aromatic heterocycles. The second kappa shape index (κ2) is 4.02. The van der Waals surface area contributed by atoms with Crippen molar-refractivity contribution >= 4 is 33.0 Å². The molecular weight excluding hydrogens is 266 g/mol. The molecule has 2 N–H and O–H groups in total. The van der Waals surface area contributed by atoms with Crippen molar-refractivity contribution in [1.29, 1.82) is 0 Å². The van der Waals surface area contributed by atoms with Crippen molar-refractivity contribution < 1.29 is 5.11 Å². The van der Waals surface area contributed by atoms with Crippen LogP contribution in [0, 0.1) is 6.92 Å². The number of fused-ring (bicyclic) bond motifs is 4. The highest BCUT2D eigenvalue weighted by Crippen LogP contribution is 2.28. The van der Waals surface area contributed by atoms with E-state index in [1.54, 1.807) is 6.92 Å². The quantitative estimate of drug-likeness (QED) is 0.382. The average Bonchev–Trinajstić information content (AvgIpc) is 2.45. The number of hydrogen-bond donors (Lipinski definition) is 2. The first-order valence-electron chi connectivity index (χ1n) is 6.55. The van der Waals surface area contributed by atoms with Crippen LogP contribution < -0.4 is 5.43 Å². The number of rotatable bonds is 0. The monoisotopic (exact) mass is 277 g/mol. The van der Waals surface area contributed by atoms with Gasteiger partial charge in [0.05, 0.1) is 27.5 Å². The molecule has 4 aromatic rings. The minimum absolute atomic E-state index is 0.00267. The number of nitrogens with one attached hydrogen (secondary N) is 1. The molecule has 21 heavy (non-hydrogen) atoms. The number of nitrogens with zero attached hydrogens (tertiary/aromatic N) is 2. The Labute approximate surface area is 118 Å². The zero-order chi connectivity index (χ0) is 14.6. The zero-order valence-corrected chi connectivity index (χ0v) is 11.2. The average molecular weight is 277 g/mol. The van der Waals surface area contributed by atoms with Gasteiger partial charge in [-0.3, -0.25) is 4.79 Å². The molecule has 0 spiro atoms. The van der Waals surface area contributed by atoms with Gasteiger partial charge < -0.3 is 10.1 Å². The third kappa shape index (κ3) is 1.67. The first-order chi connectivity index (χ1) is 10.1. The van der Waals surface area contributed by atoms with Gasteiger partial charge in [-0.1, -0.05) is 12.1 Å². The van der Waals surface area contributed by atoms with Gasteiger partial charge in [0.1, 0.15) is 11.3 Å². The van der Waals surface area contributed by atoms with Crippen LogP contribution in [-0.4, -0.2) is 20.1 Å². The Morgan fingerprint density at radius 2 is 1.76 bits per heavy atom. The summed E-state index contributed by atoms with van der Waals surface area (Å²) < 4.78 is 0. The third-order valence-electron chi connectivity index (χ3n) is 3.53. The van der Waals surface area contributed by atoms with Crippen LogP contribution in [0.3, 0.4) is 0 Å². The normalized spacial score (nSPS) is 11.5. The first-order valence-corrected chi connectivity index (χ1v) is 6.55. The van der Waals surface area contributed by atoms with Crippen LogP contribution >= 0.6 is 0 Å². The van der Waals surface area contributed by atoms with Crippen LogP contribution in [0.1, 0.15) is 5.69 Å². The lowest BCUT2D eigenvalue weighted by Crippen LogP contribution is -2.05. The smallest absolute Gasteiger partial charge is 0.192 e. The summed E-state index contributed by atoms with van der Waals surface area (Å²) in [5.41, 5.74) is 3.37. The molecule has 5 nitrogen and oxygen atoms in total. The van der Waals surface area contributed by atoms with Gasteiger partial charge in [-0.15, -0.1) is 0 Å². The number of aryl methyl sites for hydroxylation is 1. The second-order valence-corrected chi connectivity index (χ2v) is 5.04. The van der Waals surface area contributed by atoms with Crippen molar-refractivity contribution in [1.82, 2.24) is 15.0 Å². The van der Waals surface area contributed by atoms with Gasteiger partial charge in [0.2, 0.25) is 0 Å². The predicted octanol–water partition coefficient (Wildman–Crippen LogP) is 2.64. The number of pyridine rings is 1. The number of benzene rings is 2. The number of hydrogen-bond acceptors (Lipinski definition) is 4. The van der Waals surface area contributed by atoms with E-state index in [-0.39, 0.29) is 11.2 Å². The maximum atomic E-state index is 12.3. The van der Waals surface area contributed by atoms with E-state index in [4.69, 9.17) is 0 Å². The zero-order valence-electron chi connectivity index (χ0n) is 11.2. The summed E-state index contributed by atoms with van der Waals surface area (Å²) in [6.07, 6.45) is 0. The summed E-state index contributed by atoms with van der Waals surface area (Å²) in [4.78, 5) is 24.3. The minimum Gasteiger partial charge on any atom is -0.506 e. The molecule has 102 valence electrons. The van der Waals surface area contributed by atoms with Crippen molar-refractivity contribution in [3.63, 3.8) is 0 Å². The number of phenols is 1. The fourth-order valence-corrected chi connectivity index (χ4v) is 2.61. The summed E-state index contributed by atoms with van der Waals surface area (Å²) >= 11 is 0. The van der Waals surface area contributed by atoms with Crippen LogP contribution in [0.2, 0.25) is 0 Å². The predicted molar refractivity (Wildman–Crippen MR) is 81.6 cm³/mol. The van der Waals surface area contributed by atoms with E-state index in [0.717, 1.165) is 11.0 Å². The SMILES string of the molecule is Cc1cc(=O)c2c([nH]1)c(O)cc1nc3ccccc3nc12. The van der Waals surface area contributed by atoms with E-state index in [0.29, 0.717) is 27.6 Å². The van der Waals surface area contributed by atoms with Gasteiger partial charge in [0, 0.05) is 17.8 Å². The molecule has 5 heteroatoms. The molecule has 4 rings (SSSR count). The van der Waals surface area contributed by atoms with Crippen molar-refractivity contribution in [2.45, 2.75) is 6.92 Å². The highest BCUT2D eigenvalue weighted by Gasteiger charge is 2.13. The lowest BCUT2D eigenvalue weighted by atomic mass is 10.1. The summed E-state index contributed by atoms with van der Waals surface area (Å²) in [5, 5.41) is 10.5. The van der Waals surface area contributed by atoms with E-state index in [2.05, 4.69) is 15.0 Å². The molecule has 0 saturated heterocycles.